The SMILES string of the molecule is CNCCOC(=O)OC(CN(CC(C)C)S(=O)(=O)c1ccc(N)cc1)[C@H](Cc1ccccc1)NC(=O)OC1CCOC1. The van der Waals surface area contributed by atoms with Crippen molar-refractivity contribution < 1.29 is 37.0 Å². The van der Waals surface area contributed by atoms with Crippen LogP contribution in [0.1, 0.15) is 25.8 Å². The van der Waals surface area contributed by atoms with Crippen molar-refractivity contribution in [3.63, 3.8) is 0 Å². The molecule has 3 rings (SSSR count). The second-order valence-corrected chi connectivity index (χ2v) is 12.4. The van der Waals surface area contributed by atoms with Crippen LogP contribution in [0.4, 0.5) is 15.3 Å². The van der Waals surface area contributed by atoms with E-state index in [2.05, 4.69) is 10.6 Å². The lowest BCUT2D eigenvalue weighted by Gasteiger charge is -2.33. The fraction of sp³-hybridized carbons (Fsp3) is 0.517. The van der Waals surface area contributed by atoms with Gasteiger partial charge in [-0.15, -0.1) is 0 Å². The van der Waals surface area contributed by atoms with Gasteiger partial charge in [0, 0.05) is 25.2 Å². The van der Waals surface area contributed by atoms with Crippen molar-refractivity contribution in [2.24, 2.45) is 5.92 Å². The maximum atomic E-state index is 13.8. The molecule has 13 heteroatoms. The number of nitrogens with zero attached hydrogens (tertiary/aromatic N) is 1. The number of likely N-dealkylation sites (N-methyl/N-ethyl adjacent to an activating group) is 1. The number of sulfonamides is 1. The number of carbonyl (C=O) groups is 2. The molecule has 1 aliphatic rings. The van der Waals surface area contributed by atoms with E-state index in [-0.39, 0.29) is 43.5 Å². The molecule has 0 saturated carbocycles. The Morgan fingerprint density at radius 2 is 1.81 bits per heavy atom. The Labute approximate surface area is 247 Å². The van der Waals surface area contributed by atoms with Gasteiger partial charge < -0.3 is 35.3 Å². The van der Waals surface area contributed by atoms with Crippen molar-refractivity contribution >= 4 is 28.0 Å². The third-order valence-corrected chi connectivity index (χ3v) is 8.35. The number of alkyl carbamates (subject to hydrolysis) is 1. The van der Waals surface area contributed by atoms with Crippen molar-refractivity contribution in [1.29, 1.82) is 0 Å². The Bertz CT molecular complexity index is 1220. The minimum atomic E-state index is -4.04. The fourth-order valence-electron chi connectivity index (χ4n) is 4.39. The van der Waals surface area contributed by atoms with Gasteiger partial charge in [0.2, 0.25) is 10.0 Å². The lowest BCUT2D eigenvalue weighted by Crippen LogP contribution is -2.53. The first-order chi connectivity index (χ1) is 20.1. The molecule has 1 aliphatic heterocycles. The molecule has 42 heavy (non-hydrogen) atoms. The summed E-state index contributed by atoms with van der Waals surface area (Å²) < 4.78 is 50.7. The Balaban J connectivity index is 1.95. The van der Waals surface area contributed by atoms with Crippen LogP contribution in [0.5, 0.6) is 0 Å². The highest BCUT2D eigenvalue weighted by Crippen LogP contribution is 2.22. The summed E-state index contributed by atoms with van der Waals surface area (Å²) in [5.41, 5.74) is 7.04. The topological polar surface area (TPSA) is 159 Å². The van der Waals surface area contributed by atoms with Crippen LogP contribution in [-0.2, 0) is 35.4 Å². The van der Waals surface area contributed by atoms with E-state index in [1.807, 2.05) is 44.2 Å². The number of rotatable bonds is 15. The van der Waals surface area contributed by atoms with E-state index in [4.69, 9.17) is 24.7 Å². The van der Waals surface area contributed by atoms with Gasteiger partial charge in [0.1, 0.15) is 18.8 Å². The minimum Gasteiger partial charge on any atom is -0.444 e. The number of hydrogen-bond donors (Lipinski definition) is 3. The molecule has 1 amide bonds. The van der Waals surface area contributed by atoms with Crippen LogP contribution in [0.2, 0.25) is 0 Å². The Morgan fingerprint density at radius 3 is 2.43 bits per heavy atom. The van der Waals surface area contributed by atoms with Crippen molar-refractivity contribution in [3.8, 4) is 0 Å². The normalized spacial score (nSPS) is 16.6. The average molecular weight is 607 g/mol. The molecule has 2 aromatic carbocycles. The first-order valence-corrected chi connectivity index (χ1v) is 15.4. The number of carbonyl (C=O) groups excluding carboxylic acids is 2. The summed E-state index contributed by atoms with van der Waals surface area (Å²) in [6.07, 6.45) is -2.46. The third-order valence-electron chi connectivity index (χ3n) is 6.50. The number of nitrogen functional groups attached to an aromatic ring is 1. The Hall–Kier alpha value is -3.39. The predicted octanol–water partition coefficient (Wildman–Crippen LogP) is 2.78. The number of nitrogens with two attached hydrogens (primary N) is 1. The number of ether oxygens (including phenoxy) is 4. The summed E-state index contributed by atoms with van der Waals surface area (Å²) in [5.74, 6) is -0.0651. The van der Waals surface area contributed by atoms with Gasteiger partial charge in [-0.1, -0.05) is 44.2 Å². The zero-order chi connectivity index (χ0) is 30.5. The first-order valence-electron chi connectivity index (χ1n) is 14.0. The van der Waals surface area contributed by atoms with Crippen LogP contribution in [0.3, 0.4) is 0 Å². The largest absolute Gasteiger partial charge is 0.508 e. The van der Waals surface area contributed by atoms with Crippen molar-refractivity contribution in [2.75, 3.05) is 52.2 Å². The Kier molecular flexibility index (Phi) is 12.9. The van der Waals surface area contributed by atoms with E-state index < -0.39 is 40.5 Å². The minimum absolute atomic E-state index is 0.0425. The molecule has 4 N–H and O–H groups in total. The number of amides is 1. The number of nitrogens with one attached hydrogen (secondary N) is 2. The predicted molar refractivity (Wildman–Crippen MR) is 157 cm³/mol. The summed E-state index contributed by atoms with van der Waals surface area (Å²) in [6, 6.07) is 14.3. The van der Waals surface area contributed by atoms with Gasteiger partial charge in [0.15, 0.2) is 0 Å². The van der Waals surface area contributed by atoms with E-state index in [0.717, 1.165) is 5.56 Å². The summed E-state index contributed by atoms with van der Waals surface area (Å²) >= 11 is 0. The standard InChI is InChI=1S/C29H42N4O8S/c1-21(2)18-33(42(36,37)25-11-9-23(30)10-12-25)19-27(41-29(35)39-16-14-31-3)26(17-22-7-5-4-6-8-22)32-28(34)40-24-13-15-38-20-24/h4-12,21,24,26-27,31H,13-20,30H2,1-3H3,(H,32,34)/t24?,26-,27?/m0/s1. The summed E-state index contributed by atoms with van der Waals surface area (Å²) in [6.45, 7) is 4.86. The molecule has 12 nitrogen and oxygen atoms in total. The van der Waals surface area contributed by atoms with Gasteiger partial charge in [0.25, 0.3) is 0 Å². The van der Waals surface area contributed by atoms with E-state index in [9.17, 15) is 18.0 Å². The second kappa shape index (κ2) is 16.3. The van der Waals surface area contributed by atoms with Crippen molar-refractivity contribution in [3.05, 3.63) is 60.2 Å². The zero-order valence-electron chi connectivity index (χ0n) is 24.4. The van der Waals surface area contributed by atoms with Gasteiger partial charge in [0.05, 0.1) is 30.7 Å². The molecular formula is C29H42N4O8S. The van der Waals surface area contributed by atoms with Gasteiger partial charge >= 0.3 is 12.2 Å². The fourth-order valence-corrected chi connectivity index (χ4v) is 6.01. The van der Waals surface area contributed by atoms with Gasteiger partial charge in [-0.2, -0.15) is 4.31 Å². The van der Waals surface area contributed by atoms with E-state index in [0.29, 0.717) is 25.3 Å². The van der Waals surface area contributed by atoms with Crippen molar-refractivity contribution in [1.82, 2.24) is 14.9 Å². The van der Waals surface area contributed by atoms with Crippen LogP contribution in [-0.4, -0.2) is 89.7 Å². The molecule has 1 fully saturated rings. The highest BCUT2D eigenvalue weighted by atomic mass is 32.2. The van der Waals surface area contributed by atoms with Gasteiger partial charge in [-0.3, -0.25) is 0 Å². The molecule has 0 bridgehead atoms. The number of anilines is 1. The molecule has 0 radical (unpaired) electrons. The summed E-state index contributed by atoms with van der Waals surface area (Å²) in [5, 5.41) is 5.70. The molecule has 3 atom stereocenters. The molecular weight excluding hydrogens is 564 g/mol. The maximum absolute atomic E-state index is 13.8. The van der Waals surface area contributed by atoms with Crippen LogP contribution in [0, 0.1) is 5.92 Å². The smallest absolute Gasteiger partial charge is 0.444 e. The first kappa shape index (κ1) is 33.1. The van der Waals surface area contributed by atoms with E-state index >= 15 is 0 Å². The van der Waals surface area contributed by atoms with Gasteiger partial charge in [-0.25, -0.2) is 18.0 Å². The highest BCUT2D eigenvalue weighted by Gasteiger charge is 2.35. The molecule has 232 valence electrons. The lowest BCUT2D eigenvalue weighted by atomic mass is 10.0. The molecule has 0 aromatic heterocycles. The lowest BCUT2D eigenvalue weighted by molar-refractivity contribution is 0.00192. The van der Waals surface area contributed by atoms with Gasteiger partial charge in [-0.05, 0) is 49.2 Å². The van der Waals surface area contributed by atoms with Crippen LogP contribution in [0.25, 0.3) is 0 Å². The zero-order valence-corrected chi connectivity index (χ0v) is 25.2. The monoisotopic (exact) mass is 606 g/mol. The number of benzene rings is 2. The third kappa shape index (κ3) is 10.5. The van der Waals surface area contributed by atoms with Crippen molar-refractivity contribution in [2.45, 2.75) is 49.8 Å². The molecule has 1 heterocycles. The highest BCUT2D eigenvalue weighted by molar-refractivity contribution is 7.89. The average Bonchev–Trinajstić information content (AvgIpc) is 3.45. The Morgan fingerprint density at radius 1 is 1.10 bits per heavy atom. The molecule has 2 aromatic rings. The molecule has 0 aliphatic carbocycles. The van der Waals surface area contributed by atoms with Crippen LogP contribution in [0.15, 0.2) is 59.5 Å². The number of hydrogen-bond acceptors (Lipinski definition) is 10. The molecule has 2 unspecified atom stereocenters. The summed E-state index contributed by atoms with van der Waals surface area (Å²) in [4.78, 5) is 25.8. The summed E-state index contributed by atoms with van der Waals surface area (Å²) in [7, 11) is -2.33. The van der Waals surface area contributed by atoms with Crippen LogP contribution >= 0.6 is 0 Å². The molecule has 1 saturated heterocycles. The quantitative estimate of drug-likeness (QED) is 0.156. The molecule has 0 spiro atoms. The van der Waals surface area contributed by atoms with Crippen LogP contribution < -0.4 is 16.4 Å². The van der Waals surface area contributed by atoms with E-state index in [1.165, 1.54) is 28.6 Å². The second-order valence-electron chi connectivity index (χ2n) is 10.5. The van der Waals surface area contributed by atoms with E-state index in [1.54, 1.807) is 7.05 Å². The maximum Gasteiger partial charge on any atom is 0.508 e.